The molecule has 1 saturated heterocycles. The van der Waals surface area contributed by atoms with E-state index in [1.165, 1.54) is 16.7 Å². The predicted octanol–water partition coefficient (Wildman–Crippen LogP) is 0.604. The maximum Gasteiger partial charge on any atom is 0.258 e. The molecule has 0 spiro atoms. The van der Waals surface area contributed by atoms with Crippen LogP contribution in [0.15, 0.2) is 42.7 Å². The van der Waals surface area contributed by atoms with Crippen molar-refractivity contribution in [1.29, 1.82) is 0 Å². The minimum Gasteiger partial charge on any atom is -0.384 e. The van der Waals surface area contributed by atoms with E-state index >= 15 is 0 Å². The van der Waals surface area contributed by atoms with E-state index < -0.39 is 0 Å². The van der Waals surface area contributed by atoms with Gasteiger partial charge in [-0.05, 0) is 47.7 Å². The van der Waals surface area contributed by atoms with Gasteiger partial charge >= 0.3 is 0 Å². The Balaban J connectivity index is 1.30. The van der Waals surface area contributed by atoms with Gasteiger partial charge in [0.05, 0.1) is 49.9 Å². The number of rotatable bonds is 9. The van der Waals surface area contributed by atoms with Crippen LogP contribution in [0.3, 0.4) is 0 Å². The molecule has 1 unspecified atom stereocenters. The second kappa shape index (κ2) is 12.2. The summed E-state index contributed by atoms with van der Waals surface area (Å²) in [5.74, 6) is 4.55. The third-order valence-electron chi connectivity index (χ3n) is 9.72. The number of anilines is 1. The highest BCUT2D eigenvalue weighted by Gasteiger charge is 2.46. The number of carbonyl (C=O) groups excluding carboxylic acids is 1. The number of ether oxygens (including phenoxy) is 2. The Labute approximate surface area is 264 Å². The van der Waals surface area contributed by atoms with Crippen LogP contribution in [-0.2, 0) is 46.6 Å². The van der Waals surface area contributed by atoms with Gasteiger partial charge in [-0.1, -0.05) is 28.9 Å². The lowest BCUT2D eigenvalue weighted by Crippen LogP contribution is -2.43. The molecule has 0 N–H and O–H groups in total. The molecule has 8 nitrogen and oxygen atoms in total. The molecule has 0 radical (unpaired) electrons. The zero-order valence-corrected chi connectivity index (χ0v) is 26.8. The Morgan fingerprint density at radius 2 is 2.05 bits per heavy atom. The number of nitrogens with zero attached hydrogens (tertiary/aromatic N) is 5. The van der Waals surface area contributed by atoms with Crippen LogP contribution >= 0.6 is 0 Å². The van der Waals surface area contributed by atoms with Gasteiger partial charge in [-0.3, -0.25) is 9.69 Å². The fourth-order valence-corrected chi connectivity index (χ4v) is 7.39. The van der Waals surface area contributed by atoms with Crippen LogP contribution in [0.1, 0.15) is 51.3 Å². The number of methoxy groups -OCH3 is 1. The fourth-order valence-electron chi connectivity index (χ4n) is 7.39. The van der Waals surface area contributed by atoms with Gasteiger partial charge in [-0.15, -0.1) is 22.5 Å². The number of hydrogen-bond donors (Lipinski definition) is 0. The van der Waals surface area contributed by atoms with Crippen molar-refractivity contribution in [3.05, 3.63) is 76.4 Å². The Bertz CT molecular complexity index is 1570. The van der Waals surface area contributed by atoms with Gasteiger partial charge in [0, 0.05) is 68.7 Å². The molecule has 44 heavy (non-hydrogen) atoms. The normalized spacial score (nSPS) is 24.0. The Hall–Kier alpha value is -3.32. The molecular formula is C33H42B3N5O3. The Morgan fingerprint density at radius 3 is 2.75 bits per heavy atom. The van der Waals surface area contributed by atoms with Crippen LogP contribution in [0.25, 0.3) is 0 Å². The highest BCUT2D eigenvalue weighted by atomic mass is 16.5. The molecule has 3 aliphatic rings. The van der Waals surface area contributed by atoms with E-state index in [1.54, 1.807) is 13.4 Å². The summed E-state index contributed by atoms with van der Waals surface area (Å²) in [4.78, 5) is 18.6. The molecule has 1 aliphatic carbocycles. The number of aromatic nitrogens is 3. The number of amides is 1. The third-order valence-corrected chi connectivity index (χ3v) is 9.72. The molecule has 0 bridgehead atoms. The van der Waals surface area contributed by atoms with Crippen LogP contribution in [0.2, 0.25) is 0 Å². The zero-order chi connectivity index (χ0) is 31.1. The van der Waals surface area contributed by atoms with E-state index in [0.717, 1.165) is 68.1 Å². The molecule has 2 fully saturated rings. The maximum absolute atomic E-state index is 14.2. The lowest BCUT2D eigenvalue weighted by molar-refractivity contribution is 0.0762. The van der Waals surface area contributed by atoms with Gasteiger partial charge in [-0.2, -0.15) is 0 Å². The quantitative estimate of drug-likeness (QED) is 0.269. The summed E-state index contributed by atoms with van der Waals surface area (Å²) < 4.78 is 13.3. The summed E-state index contributed by atoms with van der Waals surface area (Å²) in [7, 11) is 10.4. The average molecular weight is 589 g/mol. The summed E-state index contributed by atoms with van der Waals surface area (Å²) in [5.41, 5.74) is 6.39. The van der Waals surface area contributed by atoms with E-state index in [9.17, 15) is 4.79 Å². The standard InChI is InChI=1S/C33H42B3N5O3/c1-4-22-13-32(14-22,15-30-38-37-21-39(30)2)25-6-5-7-26(12-25)41-18-28-27(31(41)42)10-23(11-29(28)33(34,35)36)16-40-8-9-44-20-24(17-40)19-43-3/h1,5-7,10-12,21-22,24H,8-9,13-20,34-36H2,2-3H3. The largest absolute Gasteiger partial charge is 0.384 e. The molecule has 3 heterocycles. The minimum absolute atomic E-state index is 0.0680. The molecule has 6 rings (SSSR count). The van der Waals surface area contributed by atoms with Crippen molar-refractivity contribution in [2.45, 2.75) is 42.9 Å². The van der Waals surface area contributed by atoms with Gasteiger partial charge in [0.2, 0.25) is 0 Å². The van der Waals surface area contributed by atoms with E-state index in [4.69, 9.17) is 15.9 Å². The molecule has 1 amide bonds. The van der Waals surface area contributed by atoms with Crippen LogP contribution in [0, 0.1) is 24.2 Å². The molecular weight excluding hydrogens is 547 g/mol. The molecule has 226 valence electrons. The molecule has 2 aliphatic heterocycles. The van der Waals surface area contributed by atoms with E-state index in [1.807, 2.05) is 16.5 Å². The summed E-state index contributed by atoms with van der Waals surface area (Å²) in [6, 6.07) is 13.0. The third kappa shape index (κ3) is 6.00. The molecule has 2 aromatic carbocycles. The van der Waals surface area contributed by atoms with Crippen molar-refractivity contribution in [2.75, 3.05) is 44.9 Å². The summed E-state index contributed by atoms with van der Waals surface area (Å²) in [5, 5.41) is 8.38. The van der Waals surface area contributed by atoms with Crippen molar-refractivity contribution in [2.24, 2.45) is 18.9 Å². The Kier molecular flexibility index (Phi) is 8.53. The predicted molar refractivity (Wildman–Crippen MR) is 180 cm³/mol. The van der Waals surface area contributed by atoms with Gasteiger partial charge in [-0.25, -0.2) is 0 Å². The first-order chi connectivity index (χ1) is 21.1. The first-order valence-corrected chi connectivity index (χ1v) is 15.8. The van der Waals surface area contributed by atoms with Crippen LogP contribution in [0.5, 0.6) is 0 Å². The highest BCUT2D eigenvalue weighted by Crippen LogP contribution is 2.50. The number of benzene rings is 2. The van der Waals surface area contributed by atoms with Crippen LogP contribution < -0.4 is 4.90 Å². The van der Waals surface area contributed by atoms with Crippen molar-refractivity contribution >= 4 is 35.1 Å². The number of hydrogen-bond acceptors (Lipinski definition) is 6. The monoisotopic (exact) mass is 589 g/mol. The molecule has 11 heteroatoms. The smallest absolute Gasteiger partial charge is 0.258 e. The second-order valence-corrected chi connectivity index (χ2v) is 14.1. The van der Waals surface area contributed by atoms with E-state index in [-0.39, 0.29) is 22.4 Å². The minimum atomic E-state index is -0.120. The summed E-state index contributed by atoms with van der Waals surface area (Å²) >= 11 is 0. The van der Waals surface area contributed by atoms with Crippen LogP contribution in [-0.4, -0.2) is 89.1 Å². The molecule has 1 aromatic heterocycles. The SMILES string of the molecule is BC(B)(B)c1cc(CN2CCOCC(COC)C2)cc2c1CN(c1cccc(C3(Cc4nncn4C)CC(C#C)C3)c1)C2=O. The van der Waals surface area contributed by atoms with E-state index in [2.05, 4.69) is 81.0 Å². The number of aryl methyl sites for hydroxylation is 1. The Morgan fingerprint density at radius 1 is 1.23 bits per heavy atom. The topological polar surface area (TPSA) is 72.7 Å². The van der Waals surface area contributed by atoms with Crippen molar-refractivity contribution < 1.29 is 14.3 Å². The van der Waals surface area contributed by atoms with Crippen LogP contribution in [0.4, 0.5) is 5.69 Å². The van der Waals surface area contributed by atoms with Gasteiger partial charge in [0.15, 0.2) is 0 Å². The number of terminal acetylenes is 1. The highest BCUT2D eigenvalue weighted by molar-refractivity contribution is 6.59. The van der Waals surface area contributed by atoms with Crippen molar-refractivity contribution in [3.63, 3.8) is 0 Å². The lowest BCUT2D eigenvalue weighted by Gasteiger charge is -2.46. The first-order valence-electron chi connectivity index (χ1n) is 15.8. The molecule has 3 aromatic rings. The lowest BCUT2D eigenvalue weighted by atomic mass is 9.39. The number of carbonyl (C=O) groups is 1. The average Bonchev–Trinajstić information content (AvgIpc) is 3.44. The van der Waals surface area contributed by atoms with E-state index in [0.29, 0.717) is 25.7 Å². The van der Waals surface area contributed by atoms with Crippen molar-refractivity contribution in [3.8, 4) is 12.3 Å². The van der Waals surface area contributed by atoms with Crippen molar-refractivity contribution in [1.82, 2.24) is 19.7 Å². The zero-order valence-electron chi connectivity index (χ0n) is 26.8. The summed E-state index contributed by atoms with van der Waals surface area (Å²) in [6.45, 7) is 5.25. The maximum atomic E-state index is 14.2. The summed E-state index contributed by atoms with van der Waals surface area (Å²) in [6.07, 6.45) is 10.1. The number of fused-ring (bicyclic) bond motifs is 1. The van der Waals surface area contributed by atoms with Gasteiger partial charge < -0.3 is 18.9 Å². The molecule has 1 atom stereocenters. The second-order valence-electron chi connectivity index (χ2n) is 14.1. The first kappa shape index (κ1) is 30.7. The van der Waals surface area contributed by atoms with Gasteiger partial charge in [0.25, 0.3) is 5.91 Å². The van der Waals surface area contributed by atoms with Gasteiger partial charge in [0.1, 0.15) is 12.2 Å². The fraction of sp³-hybridized carbons (Fsp3) is 0.485. The molecule has 1 saturated carbocycles.